The topological polar surface area (TPSA) is 89.6 Å². The first kappa shape index (κ1) is 19.3. The van der Waals surface area contributed by atoms with Gasteiger partial charge in [-0.1, -0.05) is 91.0 Å². The fraction of sp³-hybridized carbons (Fsp3) is 0.130. The van der Waals surface area contributed by atoms with Crippen LogP contribution in [0.3, 0.4) is 0 Å². The van der Waals surface area contributed by atoms with E-state index in [2.05, 4.69) is 0 Å². The maximum atomic E-state index is 12.7. The summed E-state index contributed by atoms with van der Waals surface area (Å²) in [6, 6.07) is 26.8. The van der Waals surface area contributed by atoms with Crippen LogP contribution in [-0.4, -0.2) is 23.1 Å². The summed E-state index contributed by atoms with van der Waals surface area (Å²) in [6.07, 6.45) is -0.427. The van der Waals surface area contributed by atoms with Crippen molar-refractivity contribution in [1.29, 1.82) is 0 Å². The number of carboxylic acids is 1. The lowest BCUT2D eigenvalue weighted by molar-refractivity contribution is -0.156. The minimum Gasteiger partial charge on any atom is -0.480 e. The Labute approximate surface area is 163 Å². The molecule has 3 aromatic rings. The highest BCUT2D eigenvalue weighted by Crippen LogP contribution is 2.40. The molecule has 3 rings (SSSR count). The summed E-state index contributed by atoms with van der Waals surface area (Å²) in [5, 5.41) is 9.05. The van der Waals surface area contributed by atoms with Crippen LogP contribution in [-0.2, 0) is 19.9 Å². The quantitative estimate of drug-likeness (QED) is 0.488. The Kier molecular flexibility index (Phi) is 5.87. The van der Waals surface area contributed by atoms with E-state index in [0.29, 0.717) is 0 Å². The van der Waals surface area contributed by atoms with E-state index in [0.717, 1.165) is 16.7 Å². The monoisotopic (exact) mass is 375 g/mol. The highest BCUT2D eigenvalue weighted by molar-refractivity contribution is 5.81. The van der Waals surface area contributed by atoms with Gasteiger partial charge in [0.2, 0.25) is 0 Å². The Morgan fingerprint density at radius 2 is 1.14 bits per heavy atom. The molecule has 0 saturated heterocycles. The Morgan fingerprint density at radius 3 is 1.46 bits per heavy atom. The molecular formula is C23H21NO4. The van der Waals surface area contributed by atoms with Crippen LogP contribution in [0.5, 0.6) is 0 Å². The molecule has 0 aromatic heterocycles. The fourth-order valence-corrected chi connectivity index (χ4v) is 3.17. The van der Waals surface area contributed by atoms with Gasteiger partial charge in [0.15, 0.2) is 5.60 Å². The zero-order valence-corrected chi connectivity index (χ0v) is 15.2. The highest BCUT2D eigenvalue weighted by Gasteiger charge is 2.40. The third-order valence-electron chi connectivity index (χ3n) is 4.51. The molecule has 28 heavy (non-hydrogen) atoms. The first-order valence-corrected chi connectivity index (χ1v) is 8.91. The molecule has 0 aliphatic rings. The Hall–Kier alpha value is -3.44. The van der Waals surface area contributed by atoms with E-state index in [1.165, 1.54) is 0 Å². The van der Waals surface area contributed by atoms with Crippen molar-refractivity contribution in [1.82, 2.24) is 0 Å². The normalized spacial score (nSPS) is 12.2. The van der Waals surface area contributed by atoms with Crippen molar-refractivity contribution in [2.24, 2.45) is 5.73 Å². The second-order valence-electron chi connectivity index (χ2n) is 6.40. The third kappa shape index (κ3) is 3.94. The maximum Gasteiger partial charge on any atom is 0.321 e. The van der Waals surface area contributed by atoms with E-state index < -0.39 is 30.0 Å². The Morgan fingerprint density at radius 1 is 0.786 bits per heavy atom. The van der Waals surface area contributed by atoms with Crippen LogP contribution in [0.1, 0.15) is 23.1 Å². The summed E-state index contributed by atoms with van der Waals surface area (Å²) in [6.45, 7) is 0. The van der Waals surface area contributed by atoms with Crippen LogP contribution in [0.15, 0.2) is 91.0 Å². The van der Waals surface area contributed by atoms with Crippen LogP contribution < -0.4 is 5.73 Å². The van der Waals surface area contributed by atoms with Gasteiger partial charge in [-0.3, -0.25) is 9.59 Å². The number of nitrogens with two attached hydrogens (primary N) is 1. The second-order valence-corrected chi connectivity index (χ2v) is 6.40. The number of carbonyl (C=O) groups is 2. The summed E-state index contributed by atoms with van der Waals surface area (Å²) >= 11 is 0. The molecule has 3 N–H and O–H groups in total. The first-order chi connectivity index (χ1) is 13.5. The molecule has 0 aliphatic carbocycles. The van der Waals surface area contributed by atoms with E-state index in [9.17, 15) is 9.59 Å². The predicted octanol–water partition coefficient (Wildman–Crippen LogP) is 3.32. The van der Waals surface area contributed by atoms with E-state index in [-0.39, 0.29) is 0 Å². The summed E-state index contributed by atoms with van der Waals surface area (Å²) in [4.78, 5) is 23.8. The molecule has 0 amide bonds. The zero-order valence-electron chi connectivity index (χ0n) is 15.2. The Balaban J connectivity index is 2.17. The molecule has 0 bridgehead atoms. The van der Waals surface area contributed by atoms with Crippen LogP contribution in [0.2, 0.25) is 0 Å². The molecular weight excluding hydrogens is 354 g/mol. The van der Waals surface area contributed by atoms with Crippen molar-refractivity contribution < 1.29 is 19.4 Å². The minimum absolute atomic E-state index is 0.427. The molecule has 142 valence electrons. The highest BCUT2D eigenvalue weighted by atomic mass is 16.6. The summed E-state index contributed by atoms with van der Waals surface area (Å²) in [7, 11) is 0. The van der Waals surface area contributed by atoms with Crippen molar-refractivity contribution in [3.05, 3.63) is 108 Å². The third-order valence-corrected chi connectivity index (χ3v) is 4.51. The van der Waals surface area contributed by atoms with Crippen molar-refractivity contribution in [3.8, 4) is 0 Å². The largest absolute Gasteiger partial charge is 0.480 e. The number of hydrogen-bond donors (Lipinski definition) is 2. The van der Waals surface area contributed by atoms with E-state index >= 15 is 0 Å². The molecule has 5 nitrogen and oxygen atoms in total. The SMILES string of the molecule is N[C@@H](CC(=O)OC(c1ccccc1)(c1ccccc1)c1ccccc1)C(=O)O. The minimum atomic E-state index is -1.33. The van der Waals surface area contributed by atoms with Crippen LogP contribution in [0.4, 0.5) is 0 Å². The Bertz CT molecular complexity index is 830. The molecule has 0 fully saturated rings. The van der Waals surface area contributed by atoms with Gasteiger partial charge in [0.05, 0.1) is 6.42 Å². The first-order valence-electron chi connectivity index (χ1n) is 8.91. The fourth-order valence-electron chi connectivity index (χ4n) is 3.17. The van der Waals surface area contributed by atoms with Crippen molar-refractivity contribution in [2.45, 2.75) is 18.1 Å². The average Bonchev–Trinajstić information content (AvgIpc) is 2.74. The van der Waals surface area contributed by atoms with Gasteiger partial charge in [-0.15, -0.1) is 0 Å². The molecule has 5 heteroatoms. The maximum absolute atomic E-state index is 12.7. The number of hydrogen-bond acceptors (Lipinski definition) is 4. The molecule has 0 heterocycles. The van der Waals surface area contributed by atoms with E-state index in [1.807, 2.05) is 91.0 Å². The number of rotatable bonds is 7. The van der Waals surface area contributed by atoms with E-state index in [4.69, 9.17) is 15.6 Å². The predicted molar refractivity (Wildman–Crippen MR) is 106 cm³/mol. The molecule has 3 aromatic carbocycles. The van der Waals surface area contributed by atoms with Crippen molar-refractivity contribution in [2.75, 3.05) is 0 Å². The average molecular weight is 375 g/mol. The van der Waals surface area contributed by atoms with Gasteiger partial charge in [0, 0.05) is 16.7 Å². The summed E-state index contributed by atoms with van der Waals surface area (Å²) in [5.41, 5.74) is 6.59. The van der Waals surface area contributed by atoms with Crippen LogP contribution >= 0.6 is 0 Å². The molecule has 0 radical (unpaired) electrons. The lowest BCUT2D eigenvalue weighted by Gasteiger charge is -2.35. The van der Waals surface area contributed by atoms with Crippen LogP contribution in [0.25, 0.3) is 0 Å². The number of aliphatic carboxylic acids is 1. The molecule has 0 spiro atoms. The van der Waals surface area contributed by atoms with Gasteiger partial charge in [0.25, 0.3) is 0 Å². The molecule has 1 atom stereocenters. The molecule has 0 unspecified atom stereocenters. The molecule has 0 saturated carbocycles. The second kappa shape index (κ2) is 8.50. The van der Waals surface area contributed by atoms with Gasteiger partial charge in [-0.25, -0.2) is 0 Å². The lowest BCUT2D eigenvalue weighted by atomic mass is 9.80. The van der Waals surface area contributed by atoms with Crippen LogP contribution in [0, 0.1) is 0 Å². The van der Waals surface area contributed by atoms with Crippen molar-refractivity contribution >= 4 is 11.9 Å². The summed E-state index contributed by atoms with van der Waals surface area (Å²) in [5.74, 6) is -1.94. The van der Waals surface area contributed by atoms with Gasteiger partial charge >= 0.3 is 11.9 Å². The number of ether oxygens (including phenoxy) is 1. The van der Waals surface area contributed by atoms with E-state index in [1.54, 1.807) is 0 Å². The van der Waals surface area contributed by atoms with Gasteiger partial charge in [-0.05, 0) is 0 Å². The van der Waals surface area contributed by atoms with Gasteiger partial charge < -0.3 is 15.6 Å². The molecule has 0 aliphatic heterocycles. The number of carbonyl (C=O) groups excluding carboxylic acids is 1. The standard InChI is InChI=1S/C23H21NO4/c24-20(22(26)27)16-21(25)28-23(17-10-4-1-5-11-17,18-12-6-2-7-13-18)19-14-8-3-9-15-19/h1-15,20H,16,24H2,(H,26,27)/t20-/m0/s1. The summed E-state index contributed by atoms with van der Waals surface area (Å²) < 4.78 is 6.03. The number of carboxylic acid groups (broad SMARTS) is 1. The van der Waals surface area contributed by atoms with Crippen molar-refractivity contribution in [3.63, 3.8) is 0 Å². The lowest BCUT2D eigenvalue weighted by Crippen LogP contribution is -2.39. The smallest absolute Gasteiger partial charge is 0.321 e. The number of esters is 1. The zero-order chi connectivity index (χ0) is 20.0. The van der Waals surface area contributed by atoms with Gasteiger partial charge in [-0.2, -0.15) is 0 Å². The van der Waals surface area contributed by atoms with Gasteiger partial charge in [0.1, 0.15) is 6.04 Å². The number of benzene rings is 3.